The summed E-state index contributed by atoms with van der Waals surface area (Å²) in [6.07, 6.45) is 1.74. The van der Waals surface area contributed by atoms with Crippen molar-refractivity contribution in [1.29, 1.82) is 0 Å². The molecule has 0 spiro atoms. The number of thiazole rings is 1. The minimum Gasteiger partial charge on any atom is -0.391 e. The summed E-state index contributed by atoms with van der Waals surface area (Å²) in [6, 6.07) is 8.26. The van der Waals surface area contributed by atoms with E-state index in [9.17, 15) is 24.3 Å². The first-order chi connectivity index (χ1) is 20.0. The van der Waals surface area contributed by atoms with Crippen LogP contribution in [0.5, 0.6) is 0 Å². The third-order valence-electron chi connectivity index (χ3n) is 5.96. The van der Waals surface area contributed by atoms with E-state index in [0.717, 1.165) is 23.6 Å². The third kappa shape index (κ3) is 15.0. The third-order valence-corrected chi connectivity index (χ3v) is 6.94. The summed E-state index contributed by atoms with van der Waals surface area (Å²) in [7, 11) is 0. The minimum atomic E-state index is -0.461. The quantitative estimate of drug-likeness (QED) is 0.232. The van der Waals surface area contributed by atoms with Crippen LogP contribution in [0.4, 0.5) is 0 Å². The molecule has 2 atom stereocenters. The number of β-amino-alcohol motifs (C(OH)–C–C–N with tert-alkyl or cyclic N) is 1. The summed E-state index contributed by atoms with van der Waals surface area (Å²) in [5.74, 6) is 0.255. The van der Waals surface area contributed by atoms with Gasteiger partial charge in [0.25, 0.3) is 0 Å². The van der Waals surface area contributed by atoms with E-state index in [1.807, 2.05) is 31.5 Å². The zero-order valence-electron chi connectivity index (χ0n) is 25.5. The molecule has 12 heteroatoms. The van der Waals surface area contributed by atoms with Crippen LogP contribution in [-0.4, -0.2) is 77.9 Å². The normalized spacial score (nSPS) is 14.6. The molecular formula is C30H48N6O5S. The molecule has 6 N–H and O–H groups in total. The molecule has 0 aliphatic carbocycles. The highest BCUT2D eigenvalue weighted by molar-refractivity contribution is 7.13. The van der Waals surface area contributed by atoms with E-state index in [1.54, 1.807) is 11.3 Å². The van der Waals surface area contributed by atoms with Gasteiger partial charge >= 0.3 is 0 Å². The number of likely N-dealkylation sites (tertiary alicyclic amines) is 1. The van der Waals surface area contributed by atoms with Crippen LogP contribution in [0.1, 0.15) is 70.7 Å². The lowest BCUT2D eigenvalue weighted by atomic mass is 10.1. The smallest absolute Gasteiger partial charge is 0.242 e. The topological polar surface area (TPSA) is 167 Å². The Labute approximate surface area is 253 Å². The average Bonchev–Trinajstić information content (AvgIpc) is 3.59. The first-order valence-electron chi connectivity index (χ1n) is 14.4. The molecule has 0 bridgehead atoms. The van der Waals surface area contributed by atoms with Gasteiger partial charge in [0.05, 0.1) is 34.8 Å². The highest BCUT2D eigenvalue weighted by atomic mass is 32.1. The molecule has 1 fully saturated rings. The molecule has 1 saturated heterocycles. The summed E-state index contributed by atoms with van der Waals surface area (Å²) >= 11 is 1.64. The number of nitrogens with two attached hydrogens (primary N) is 1. The SMILES string of the molecule is CC(C)C.Cc1ncsc1-c1ccc(C(C)NC=O)cc1.NCCNC(=O)CCCC(=O)NCC(=O)N1CCC(O)C1. The van der Waals surface area contributed by atoms with Gasteiger partial charge in [-0.25, -0.2) is 4.98 Å². The van der Waals surface area contributed by atoms with Crippen molar-refractivity contribution in [3.63, 3.8) is 0 Å². The fraction of sp³-hybridized carbons (Fsp3) is 0.567. The van der Waals surface area contributed by atoms with E-state index in [1.165, 1.54) is 15.3 Å². The van der Waals surface area contributed by atoms with Crippen LogP contribution in [0.3, 0.4) is 0 Å². The van der Waals surface area contributed by atoms with Gasteiger partial charge in [0, 0.05) is 39.0 Å². The monoisotopic (exact) mass is 604 g/mol. The number of aliphatic hydroxyl groups is 1. The summed E-state index contributed by atoms with van der Waals surface area (Å²) in [4.78, 5) is 51.9. The number of aromatic nitrogens is 1. The second-order valence-corrected chi connectivity index (χ2v) is 11.5. The number of carbonyl (C=O) groups excluding carboxylic acids is 4. The molecule has 2 unspecified atom stereocenters. The van der Waals surface area contributed by atoms with Crippen molar-refractivity contribution in [3.05, 3.63) is 41.0 Å². The molecule has 1 aliphatic rings. The van der Waals surface area contributed by atoms with Crippen LogP contribution < -0.4 is 21.7 Å². The number of nitrogens with zero attached hydrogens (tertiary/aromatic N) is 2. The van der Waals surface area contributed by atoms with Gasteiger partial charge in [0.2, 0.25) is 24.1 Å². The molecule has 11 nitrogen and oxygen atoms in total. The Bertz CT molecular complexity index is 1090. The fourth-order valence-corrected chi connectivity index (χ4v) is 4.56. The van der Waals surface area contributed by atoms with Crippen molar-refractivity contribution >= 4 is 35.5 Å². The van der Waals surface area contributed by atoms with Crippen molar-refractivity contribution < 1.29 is 24.3 Å². The lowest BCUT2D eigenvalue weighted by Gasteiger charge is -2.15. The zero-order chi connectivity index (χ0) is 31.5. The molecule has 234 valence electrons. The maximum Gasteiger partial charge on any atom is 0.242 e. The number of rotatable bonds is 12. The Morgan fingerprint density at radius 1 is 1.12 bits per heavy atom. The Hall–Kier alpha value is -3.35. The Morgan fingerprint density at radius 3 is 2.24 bits per heavy atom. The zero-order valence-corrected chi connectivity index (χ0v) is 26.3. The average molecular weight is 605 g/mol. The largest absolute Gasteiger partial charge is 0.391 e. The van der Waals surface area contributed by atoms with E-state index >= 15 is 0 Å². The van der Waals surface area contributed by atoms with Gasteiger partial charge in [-0.1, -0.05) is 45.0 Å². The van der Waals surface area contributed by atoms with E-state index in [-0.39, 0.29) is 43.1 Å². The standard InChI is InChI=1S/C13H24N4O4.C13H14N2OS.C4H10/c14-5-6-15-11(19)2-1-3-12(20)16-8-13(21)17-7-4-10(18)9-17;1-9(14-7-16)11-3-5-12(6-4-11)13-10(2)15-8-17-13;1-4(2)3/h10,18H,1-9,14H2,(H,15,19)(H,16,20);3-9H,1-2H3,(H,14,16);4H,1-3H3. The van der Waals surface area contributed by atoms with Gasteiger partial charge < -0.3 is 31.7 Å². The van der Waals surface area contributed by atoms with Crippen LogP contribution in [0.2, 0.25) is 0 Å². The first kappa shape index (κ1) is 36.7. The first-order valence-corrected chi connectivity index (χ1v) is 15.3. The highest BCUT2D eigenvalue weighted by Crippen LogP contribution is 2.28. The number of amides is 4. The molecule has 1 aromatic carbocycles. The number of carbonyl (C=O) groups is 4. The summed E-state index contributed by atoms with van der Waals surface area (Å²) in [5, 5.41) is 17.2. The van der Waals surface area contributed by atoms with Gasteiger partial charge in [-0.3, -0.25) is 19.2 Å². The number of benzene rings is 1. The molecule has 4 amide bonds. The van der Waals surface area contributed by atoms with Crippen LogP contribution in [0, 0.1) is 12.8 Å². The molecule has 3 rings (SSSR count). The van der Waals surface area contributed by atoms with Crippen LogP contribution in [-0.2, 0) is 19.2 Å². The van der Waals surface area contributed by atoms with Gasteiger partial charge in [-0.2, -0.15) is 0 Å². The number of hydrogen-bond donors (Lipinski definition) is 5. The van der Waals surface area contributed by atoms with Crippen molar-refractivity contribution in [1.82, 2.24) is 25.8 Å². The molecular weight excluding hydrogens is 556 g/mol. The molecule has 2 heterocycles. The van der Waals surface area contributed by atoms with Gasteiger partial charge in [-0.15, -0.1) is 11.3 Å². The maximum atomic E-state index is 11.7. The van der Waals surface area contributed by atoms with Crippen molar-refractivity contribution in [2.45, 2.75) is 72.4 Å². The predicted molar refractivity (Wildman–Crippen MR) is 167 cm³/mol. The minimum absolute atomic E-state index is 0.0455. The Kier molecular flexibility index (Phi) is 17.9. The predicted octanol–water partition coefficient (Wildman–Crippen LogP) is 2.53. The van der Waals surface area contributed by atoms with E-state index in [2.05, 4.69) is 53.8 Å². The van der Waals surface area contributed by atoms with E-state index in [0.29, 0.717) is 39.0 Å². The van der Waals surface area contributed by atoms with Crippen molar-refractivity contribution in [2.75, 3.05) is 32.7 Å². The second kappa shape index (κ2) is 20.5. The number of aryl methyl sites for hydroxylation is 1. The van der Waals surface area contributed by atoms with Crippen molar-refractivity contribution in [3.8, 4) is 10.4 Å². The lowest BCUT2D eigenvalue weighted by molar-refractivity contribution is -0.132. The lowest BCUT2D eigenvalue weighted by Crippen LogP contribution is -2.39. The number of nitrogens with one attached hydrogen (secondary N) is 3. The number of hydrogen-bond acceptors (Lipinski definition) is 8. The van der Waals surface area contributed by atoms with Gasteiger partial charge in [-0.05, 0) is 43.7 Å². The summed E-state index contributed by atoms with van der Waals surface area (Å²) in [6.45, 7) is 12.1. The molecule has 1 aliphatic heterocycles. The Balaban J connectivity index is 0.000000378. The summed E-state index contributed by atoms with van der Waals surface area (Å²) < 4.78 is 0. The fourth-order valence-electron chi connectivity index (χ4n) is 3.75. The van der Waals surface area contributed by atoms with Gasteiger partial charge in [0.15, 0.2) is 0 Å². The van der Waals surface area contributed by atoms with E-state index in [4.69, 9.17) is 5.73 Å². The molecule has 0 radical (unpaired) electrons. The van der Waals surface area contributed by atoms with E-state index < -0.39 is 6.10 Å². The second-order valence-electron chi connectivity index (χ2n) is 10.7. The van der Waals surface area contributed by atoms with Crippen LogP contribution >= 0.6 is 11.3 Å². The maximum absolute atomic E-state index is 11.7. The van der Waals surface area contributed by atoms with Crippen LogP contribution in [0.15, 0.2) is 29.8 Å². The number of aliphatic hydroxyl groups excluding tert-OH is 1. The molecule has 2 aromatic rings. The van der Waals surface area contributed by atoms with Crippen LogP contribution in [0.25, 0.3) is 10.4 Å². The molecule has 1 aromatic heterocycles. The van der Waals surface area contributed by atoms with Gasteiger partial charge in [0.1, 0.15) is 0 Å². The summed E-state index contributed by atoms with van der Waals surface area (Å²) in [5.41, 5.74) is 10.4. The molecule has 42 heavy (non-hydrogen) atoms. The Morgan fingerprint density at radius 2 is 1.74 bits per heavy atom. The van der Waals surface area contributed by atoms with Crippen molar-refractivity contribution in [2.24, 2.45) is 11.7 Å². The highest BCUT2D eigenvalue weighted by Gasteiger charge is 2.24. The molecule has 0 saturated carbocycles.